The molecule has 1 aliphatic heterocycles. The summed E-state index contributed by atoms with van der Waals surface area (Å²) in [6.45, 7) is 2.17. The largest absolute Gasteiger partial charge is 0.464 e. The molecule has 1 heterocycles. The molecular formula is C15H20N2O2. The number of unbranched alkanes of at least 4 members (excludes halogenated alkanes) is 1. The number of rotatable bonds is 5. The third kappa shape index (κ3) is 3.13. The van der Waals surface area contributed by atoms with Crippen molar-refractivity contribution in [2.75, 3.05) is 12.1 Å². The van der Waals surface area contributed by atoms with E-state index in [-0.39, 0.29) is 12.0 Å². The van der Waals surface area contributed by atoms with Gasteiger partial charge in [-0.2, -0.15) is 5.10 Å². The highest BCUT2D eigenvalue weighted by Crippen LogP contribution is 2.27. The Balaban J connectivity index is 2.19. The van der Waals surface area contributed by atoms with Gasteiger partial charge in [-0.05, 0) is 18.6 Å². The van der Waals surface area contributed by atoms with E-state index in [0.717, 1.165) is 24.9 Å². The van der Waals surface area contributed by atoms with Gasteiger partial charge in [0.25, 0.3) is 0 Å². The van der Waals surface area contributed by atoms with Crippen molar-refractivity contribution in [3.8, 4) is 0 Å². The minimum Gasteiger partial charge on any atom is -0.464 e. The van der Waals surface area contributed by atoms with Crippen molar-refractivity contribution < 1.29 is 9.53 Å². The zero-order valence-electron chi connectivity index (χ0n) is 11.5. The molecule has 0 amide bonds. The molecule has 2 rings (SSSR count). The number of benzene rings is 1. The molecule has 0 spiro atoms. The highest BCUT2D eigenvalue weighted by Gasteiger charge is 2.31. The van der Waals surface area contributed by atoms with Crippen molar-refractivity contribution in [3.05, 3.63) is 30.3 Å². The summed E-state index contributed by atoms with van der Waals surface area (Å²) in [5.74, 6) is -0.320. The van der Waals surface area contributed by atoms with Gasteiger partial charge >= 0.3 is 5.97 Å². The predicted octanol–water partition coefficient (Wildman–Crippen LogP) is 2.98. The summed E-state index contributed by atoms with van der Waals surface area (Å²) < 4.78 is 4.77. The number of anilines is 1. The zero-order chi connectivity index (χ0) is 13.7. The smallest absolute Gasteiger partial charge is 0.354 e. The lowest BCUT2D eigenvalue weighted by Crippen LogP contribution is -2.26. The molecule has 4 heteroatoms. The van der Waals surface area contributed by atoms with Crippen LogP contribution in [0.5, 0.6) is 0 Å². The standard InChI is InChI=1S/C15H20N2O2/c1-3-4-8-13-11-14(15(18)19-2)16-17(13)12-9-6-5-7-10-12/h5-7,9-10,13H,3-4,8,11H2,1-2H3. The van der Waals surface area contributed by atoms with E-state index in [4.69, 9.17) is 4.74 Å². The van der Waals surface area contributed by atoms with Crippen LogP contribution in [0.3, 0.4) is 0 Å². The van der Waals surface area contributed by atoms with E-state index in [9.17, 15) is 4.79 Å². The Labute approximate surface area is 114 Å². The van der Waals surface area contributed by atoms with E-state index >= 15 is 0 Å². The molecule has 0 saturated heterocycles. The second kappa shape index (κ2) is 6.36. The van der Waals surface area contributed by atoms with E-state index < -0.39 is 0 Å². The Hall–Kier alpha value is -1.84. The molecule has 0 aliphatic carbocycles. The monoisotopic (exact) mass is 260 g/mol. The second-order valence-electron chi connectivity index (χ2n) is 4.72. The van der Waals surface area contributed by atoms with Gasteiger partial charge in [-0.1, -0.05) is 38.0 Å². The van der Waals surface area contributed by atoms with Crippen molar-refractivity contribution in [2.45, 2.75) is 38.6 Å². The number of nitrogens with zero attached hydrogens (tertiary/aromatic N) is 2. The fraction of sp³-hybridized carbons (Fsp3) is 0.467. The molecule has 0 N–H and O–H groups in total. The van der Waals surface area contributed by atoms with Gasteiger partial charge < -0.3 is 4.74 Å². The summed E-state index contributed by atoms with van der Waals surface area (Å²) in [7, 11) is 1.40. The fourth-order valence-electron chi connectivity index (χ4n) is 2.32. The molecule has 1 aromatic carbocycles. The van der Waals surface area contributed by atoms with Crippen LogP contribution in [0.4, 0.5) is 5.69 Å². The number of esters is 1. The van der Waals surface area contributed by atoms with Gasteiger partial charge in [-0.15, -0.1) is 0 Å². The van der Waals surface area contributed by atoms with Crippen LogP contribution < -0.4 is 5.01 Å². The van der Waals surface area contributed by atoms with E-state index in [0.29, 0.717) is 12.1 Å². The van der Waals surface area contributed by atoms with Gasteiger partial charge in [0, 0.05) is 6.42 Å². The summed E-state index contributed by atoms with van der Waals surface area (Å²) in [5, 5.41) is 6.40. The van der Waals surface area contributed by atoms with Gasteiger partial charge in [0.2, 0.25) is 0 Å². The Bertz CT molecular complexity index is 456. The lowest BCUT2D eigenvalue weighted by Gasteiger charge is -2.23. The molecule has 4 nitrogen and oxygen atoms in total. The van der Waals surface area contributed by atoms with Crippen LogP contribution in [0.2, 0.25) is 0 Å². The Morgan fingerprint density at radius 3 is 2.79 bits per heavy atom. The quantitative estimate of drug-likeness (QED) is 0.764. The van der Waals surface area contributed by atoms with Crippen LogP contribution in [0.25, 0.3) is 0 Å². The maximum Gasteiger partial charge on any atom is 0.354 e. The van der Waals surface area contributed by atoms with Crippen molar-refractivity contribution in [3.63, 3.8) is 0 Å². The topological polar surface area (TPSA) is 41.9 Å². The first-order valence-corrected chi connectivity index (χ1v) is 6.76. The van der Waals surface area contributed by atoms with E-state index in [1.54, 1.807) is 0 Å². The van der Waals surface area contributed by atoms with Gasteiger partial charge in [0.1, 0.15) is 5.71 Å². The molecule has 0 saturated carbocycles. The lowest BCUT2D eigenvalue weighted by molar-refractivity contribution is -0.132. The molecule has 1 atom stereocenters. The van der Waals surface area contributed by atoms with Crippen LogP contribution in [0.1, 0.15) is 32.6 Å². The van der Waals surface area contributed by atoms with Gasteiger partial charge in [0.15, 0.2) is 0 Å². The predicted molar refractivity (Wildman–Crippen MR) is 76.3 cm³/mol. The first kappa shape index (κ1) is 13.6. The first-order chi connectivity index (χ1) is 9.26. The highest BCUT2D eigenvalue weighted by molar-refractivity contribution is 6.37. The van der Waals surface area contributed by atoms with Crippen LogP contribution >= 0.6 is 0 Å². The maximum atomic E-state index is 11.6. The van der Waals surface area contributed by atoms with Crippen molar-refractivity contribution in [2.24, 2.45) is 5.10 Å². The number of ether oxygens (including phenoxy) is 1. The Morgan fingerprint density at radius 1 is 1.42 bits per heavy atom. The van der Waals surface area contributed by atoms with Gasteiger partial charge in [-0.3, -0.25) is 5.01 Å². The van der Waals surface area contributed by atoms with Crippen molar-refractivity contribution in [1.82, 2.24) is 0 Å². The average Bonchev–Trinajstić information content (AvgIpc) is 2.89. The minimum absolute atomic E-state index is 0.261. The Kier molecular flexibility index (Phi) is 4.55. The number of carbonyl (C=O) groups excluding carboxylic acids is 1. The number of hydrogen-bond donors (Lipinski definition) is 0. The average molecular weight is 260 g/mol. The highest BCUT2D eigenvalue weighted by atomic mass is 16.5. The van der Waals surface area contributed by atoms with E-state index in [1.165, 1.54) is 7.11 Å². The molecule has 0 radical (unpaired) electrons. The van der Waals surface area contributed by atoms with E-state index in [2.05, 4.69) is 12.0 Å². The molecule has 0 aromatic heterocycles. The maximum absolute atomic E-state index is 11.6. The fourth-order valence-corrected chi connectivity index (χ4v) is 2.32. The Morgan fingerprint density at radius 2 is 2.16 bits per heavy atom. The molecule has 1 aromatic rings. The zero-order valence-corrected chi connectivity index (χ0v) is 11.5. The lowest BCUT2D eigenvalue weighted by atomic mass is 10.0. The number of methoxy groups -OCH3 is 1. The van der Waals surface area contributed by atoms with Crippen LogP contribution in [-0.4, -0.2) is 24.8 Å². The SMILES string of the molecule is CCCCC1CC(C(=O)OC)=NN1c1ccccc1. The summed E-state index contributed by atoms with van der Waals surface area (Å²) in [4.78, 5) is 11.6. The van der Waals surface area contributed by atoms with Crippen LogP contribution in [0, 0.1) is 0 Å². The molecule has 19 heavy (non-hydrogen) atoms. The molecule has 1 unspecified atom stereocenters. The molecule has 0 bridgehead atoms. The van der Waals surface area contributed by atoms with Gasteiger partial charge in [-0.25, -0.2) is 4.79 Å². The van der Waals surface area contributed by atoms with E-state index in [1.807, 2.05) is 35.3 Å². The summed E-state index contributed by atoms with van der Waals surface area (Å²) in [6.07, 6.45) is 3.99. The second-order valence-corrected chi connectivity index (χ2v) is 4.72. The number of carbonyl (C=O) groups is 1. The van der Waals surface area contributed by atoms with Crippen LogP contribution in [-0.2, 0) is 9.53 Å². The first-order valence-electron chi connectivity index (χ1n) is 6.76. The van der Waals surface area contributed by atoms with Crippen molar-refractivity contribution in [1.29, 1.82) is 0 Å². The third-order valence-corrected chi connectivity index (χ3v) is 3.34. The summed E-state index contributed by atoms with van der Waals surface area (Å²) in [6, 6.07) is 10.2. The molecule has 1 aliphatic rings. The van der Waals surface area contributed by atoms with Crippen molar-refractivity contribution >= 4 is 17.4 Å². The number of hydrogen-bond acceptors (Lipinski definition) is 4. The van der Waals surface area contributed by atoms with Gasteiger partial charge in [0.05, 0.1) is 18.8 Å². The molecule has 102 valence electrons. The third-order valence-electron chi connectivity index (χ3n) is 3.34. The molecule has 0 fully saturated rings. The summed E-state index contributed by atoms with van der Waals surface area (Å²) in [5.41, 5.74) is 1.55. The number of para-hydroxylation sites is 1. The normalized spacial score (nSPS) is 18.3. The summed E-state index contributed by atoms with van der Waals surface area (Å²) >= 11 is 0. The number of hydrazone groups is 1. The van der Waals surface area contributed by atoms with Crippen LogP contribution in [0.15, 0.2) is 35.4 Å². The molecular weight excluding hydrogens is 240 g/mol. The minimum atomic E-state index is -0.320.